The van der Waals surface area contributed by atoms with E-state index in [4.69, 9.17) is 0 Å². The Labute approximate surface area is 174 Å². The minimum Gasteiger partial charge on any atom is -0.508 e. The van der Waals surface area contributed by atoms with E-state index in [0.717, 1.165) is 19.0 Å². The van der Waals surface area contributed by atoms with E-state index in [9.17, 15) is 5.11 Å². The molecule has 2 aliphatic heterocycles. The second-order valence-electron chi connectivity index (χ2n) is 9.12. The standard InChI is InChI=1S/C26H32N2O/c29-24-10-5-21(6-11-24)17-28-18-23-9-12-25(26(23)19-28)22-7-3-20(4-8-22)13-16-27-14-1-2-15-27/h3-8,10-12,23,26,29H,1-2,9,13-19H2. The Bertz CT molecular complexity index is 849. The first kappa shape index (κ1) is 18.9. The molecular weight excluding hydrogens is 356 g/mol. The molecular formula is C26H32N2O. The molecule has 2 fully saturated rings. The van der Waals surface area contributed by atoms with Gasteiger partial charge < -0.3 is 10.0 Å². The summed E-state index contributed by atoms with van der Waals surface area (Å²) in [5.41, 5.74) is 5.75. The molecule has 2 heterocycles. The van der Waals surface area contributed by atoms with E-state index < -0.39 is 0 Å². The highest BCUT2D eigenvalue weighted by atomic mass is 16.3. The summed E-state index contributed by atoms with van der Waals surface area (Å²) in [7, 11) is 0. The van der Waals surface area contributed by atoms with E-state index in [1.165, 1.54) is 68.6 Å². The maximum atomic E-state index is 9.49. The van der Waals surface area contributed by atoms with Crippen molar-refractivity contribution in [1.29, 1.82) is 0 Å². The van der Waals surface area contributed by atoms with E-state index in [-0.39, 0.29) is 0 Å². The third-order valence-electron chi connectivity index (χ3n) is 7.10. The van der Waals surface area contributed by atoms with Crippen LogP contribution in [-0.4, -0.2) is 47.6 Å². The first-order valence-electron chi connectivity index (χ1n) is 11.3. The number of nitrogens with zero attached hydrogens (tertiary/aromatic N) is 2. The minimum atomic E-state index is 0.348. The summed E-state index contributed by atoms with van der Waals surface area (Å²) in [6.07, 6.45) is 7.62. The summed E-state index contributed by atoms with van der Waals surface area (Å²) in [4.78, 5) is 5.18. The van der Waals surface area contributed by atoms with Crippen LogP contribution in [-0.2, 0) is 13.0 Å². The van der Waals surface area contributed by atoms with Crippen molar-refractivity contribution in [3.8, 4) is 5.75 Å². The second-order valence-corrected chi connectivity index (χ2v) is 9.12. The lowest BCUT2D eigenvalue weighted by molar-refractivity contribution is 0.314. The topological polar surface area (TPSA) is 26.7 Å². The molecule has 2 aromatic carbocycles. The molecule has 29 heavy (non-hydrogen) atoms. The van der Waals surface area contributed by atoms with Crippen LogP contribution in [0.15, 0.2) is 54.6 Å². The van der Waals surface area contributed by atoms with Crippen molar-refractivity contribution in [3.63, 3.8) is 0 Å². The van der Waals surface area contributed by atoms with Crippen LogP contribution in [0.25, 0.3) is 5.57 Å². The molecule has 0 amide bonds. The molecule has 1 N–H and O–H groups in total. The zero-order chi connectivity index (χ0) is 19.6. The number of hydrogen-bond donors (Lipinski definition) is 1. The number of phenolic OH excluding ortho intramolecular Hbond substituents is 1. The van der Waals surface area contributed by atoms with Crippen LogP contribution in [0.2, 0.25) is 0 Å². The van der Waals surface area contributed by atoms with E-state index >= 15 is 0 Å². The fraction of sp³-hybridized carbons (Fsp3) is 0.462. The van der Waals surface area contributed by atoms with Crippen molar-refractivity contribution >= 4 is 5.57 Å². The Morgan fingerprint density at radius 1 is 0.828 bits per heavy atom. The van der Waals surface area contributed by atoms with Crippen LogP contribution >= 0.6 is 0 Å². The molecule has 2 aromatic rings. The molecule has 152 valence electrons. The SMILES string of the molecule is Oc1ccc(CN2CC3CC=C(c4ccc(CCN5CCCC5)cc4)C3C2)cc1. The van der Waals surface area contributed by atoms with Gasteiger partial charge in [-0.15, -0.1) is 0 Å². The van der Waals surface area contributed by atoms with Gasteiger partial charge in [0.15, 0.2) is 0 Å². The third-order valence-corrected chi connectivity index (χ3v) is 7.10. The third kappa shape index (κ3) is 4.26. The van der Waals surface area contributed by atoms with Gasteiger partial charge in [-0.25, -0.2) is 0 Å². The highest BCUT2D eigenvalue weighted by Crippen LogP contribution is 2.43. The quantitative estimate of drug-likeness (QED) is 0.785. The summed E-state index contributed by atoms with van der Waals surface area (Å²) in [6.45, 7) is 7.09. The van der Waals surface area contributed by atoms with Crippen molar-refractivity contribution in [3.05, 3.63) is 71.3 Å². The summed E-state index contributed by atoms with van der Waals surface area (Å²) in [6, 6.07) is 17.1. The predicted molar refractivity (Wildman–Crippen MR) is 119 cm³/mol. The van der Waals surface area contributed by atoms with Crippen LogP contribution in [0.1, 0.15) is 36.0 Å². The maximum Gasteiger partial charge on any atom is 0.115 e. The first-order chi connectivity index (χ1) is 14.2. The molecule has 3 nitrogen and oxygen atoms in total. The lowest BCUT2D eigenvalue weighted by atomic mass is 9.90. The van der Waals surface area contributed by atoms with Crippen LogP contribution in [0.3, 0.4) is 0 Å². The highest BCUT2D eigenvalue weighted by Gasteiger charge is 2.38. The predicted octanol–water partition coefficient (Wildman–Crippen LogP) is 4.57. The number of aromatic hydroxyl groups is 1. The molecule has 0 saturated carbocycles. The van der Waals surface area contributed by atoms with Gasteiger partial charge in [-0.2, -0.15) is 0 Å². The molecule has 0 spiro atoms. The zero-order valence-corrected chi connectivity index (χ0v) is 17.3. The van der Waals surface area contributed by atoms with Crippen molar-refractivity contribution in [1.82, 2.24) is 9.80 Å². The molecule has 1 aliphatic carbocycles. The van der Waals surface area contributed by atoms with Crippen molar-refractivity contribution in [2.24, 2.45) is 11.8 Å². The lowest BCUT2D eigenvalue weighted by Crippen LogP contribution is -2.21. The van der Waals surface area contributed by atoms with Crippen LogP contribution < -0.4 is 0 Å². The molecule has 2 saturated heterocycles. The normalized spacial score (nSPS) is 24.8. The molecule has 0 radical (unpaired) electrons. The van der Waals surface area contributed by atoms with Gasteiger partial charge in [0, 0.05) is 32.1 Å². The Balaban J connectivity index is 1.19. The minimum absolute atomic E-state index is 0.348. The van der Waals surface area contributed by atoms with Crippen molar-refractivity contribution in [2.45, 2.75) is 32.2 Å². The number of allylic oxidation sites excluding steroid dienone is 1. The summed E-state index contributed by atoms with van der Waals surface area (Å²) in [5.74, 6) is 1.78. The number of fused-ring (bicyclic) bond motifs is 1. The van der Waals surface area contributed by atoms with Gasteiger partial charge in [0.25, 0.3) is 0 Å². The lowest BCUT2D eigenvalue weighted by Gasteiger charge is -2.18. The van der Waals surface area contributed by atoms with Crippen molar-refractivity contribution in [2.75, 3.05) is 32.7 Å². The Morgan fingerprint density at radius 3 is 2.31 bits per heavy atom. The van der Waals surface area contributed by atoms with E-state index in [2.05, 4.69) is 40.1 Å². The van der Waals surface area contributed by atoms with Crippen LogP contribution in [0.5, 0.6) is 5.75 Å². The van der Waals surface area contributed by atoms with Gasteiger partial charge in [-0.05, 0) is 79.1 Å². The molecule has 3 aliphatic rings. The zero-order valence-electron chi connectivity index (χ0n) is 17.3. The van der Waals surface area contributed by atoms with Gasteiger partial charge in [0.05, 0.1) is 0 Å². The van der Waals surface area contributed by atoms with Gasteiger partial charge in [-0.3, -0.25) is 4.90 Å². The van der Waals surface area contributed by atoms with E-state index in [1.807, 2.05) is 12.1 Å². The smallest absolute Gasteiger partial charge is 0.115 e. The van der Waals surface area contributed by atoms with E-state index in [1.54, 1.807) is 17.7 Å². The molecule has 2 atom stereocenters. The highest BCUT2D eigenvalue weighted by molar-refractivity contribution is 5.70. The fourth-order valence-electron chi connectivity index (χ4n) is 5.46. The number of likely N-dealkylation sites (tertiary alicyclic amines) is 2. The number of benzene rings is 2. The first-order valence-corrected chi connectivity index (χ1v) is 11.3. The van der Waals surface area contributed by atoms with Gasteiger partial charge in [0.2, 0.25) is 0 Å². The molecule has 0 aromatic heterocycles. The maximum absolute atomic E-state index is 9.49. The number of phenols is 1. The monoisotopic (exact) mass is 388 g/mol. The summed E-state index contributed by atoms with van der Waals surface area (Å²) < 4.78 is 0. The molecule has 3 heteroatoms. The Hall–Kier alpha value is -2.10. The average Bonchev–Trinajstić information content (AvgIpc) is 3.46. The van der Waals surface area contributed by atoms with Crippen molar-refractivity contribution < 1.29 is 5.11 Å². The number of hydrogen-bond acceptors (Lipinski definition) is 3. The van der Waals surface area contributed by atoms with Crippen LogP contribution in [0, 0.1) is 11.8 Å². The summed E-state index contributed by atoms with van der Waals surface area (Å²) >= 11 is 0. The number of rotatable bonds is 6. The Kier molecular flexibility index (Phi) is 5.43. The molecule has 5 rings (SSSR count). The Morgan fingerprint density at radius 2 is 1.55 bits per heavy atom. The second kappa shape index (κ2) is 8.33. The largest absolute Gasteiger partial charge is 0.508 e. The molecule has 0 bridgehead atoms. The fourth-order valence-corrected chi connectivity index (χ4v) is 5.46. The van der Waals surface area contributed by atoms with Gasteiger partial charge in [0.1, 0.15) is 5.75 Å². The average molecular weight is 389 g/mol. The van der Waals surface area contributed by atoms with Gasteiger partial charge >= 0.3 is 0 Å². The summed E-state index contributed by atoms with van der Waals surface area (Å²) in [5, 5.41) is 9.49. The van der Waals surface area contributed by atoms with Gasteiger partial charge in [-0.1, -0.05) is 42.5 Å². The van der Waals surface area contributed by atoms with Crippen LogP contribution in [0.4, 0.5) is 0 Å². The van der Waals surface area contributed by atoms with E-state index in [0.29, 0.717) is 11.7 Å². The molecule has 2 unspecified atom stereocenters.